The van der Waals surface area contributed by atoms with Gasteiger partial charge in [-0.1, -0.05) is 60.1 Å². The van der Waals surface area contributed by atoms with E-state index in [4.69, 9.17) is 16.7 Å². The number of hydrogen-bond acceptors (Lipinski definition) is 4. The fraction of sp³-hybridized carbons (Fsp3) is 0.115. The predicted molar refractivity (Wildman–Crippen MR) is 131 cm³/mol. The van der Waals surface area contributed by atoms with Crippen molar-refractivity contribution in [3.63, 3.8) is 0 Å². The Bertz CT molecular complexity index is 1460. The highest BCUT2D eigenvalue weighted by Crippen LogP contribution is 2.25. The largest absolute Gasteiger partial charge is 0.296 e. The molecule has 0 saturated carbocycles. The van der Waals surface area contributed by atoms with Crippen LogP contribution >= 0.6 is 11.6 Å². The molecular weight excluding hydrogens is 434 g/mol. The number of benzene rings is 2. The Hall–Kier alpha value is -3.74. The van der Waals surface area contributed by atoms with Gasteiger partial charge >= 0.3 is 0 Å². The summed E-state index contributed by atoms with van der Waals surface area (Å²) in [5, 5.41) is 5.38. The average molecular weight is 456 g/mol. The first-order chi connectivity index (χ1) is 16.1. The summed E-state index contributed by atoms with van der Waals surface area (Å²) in [6, 6.07) is 25.3. The van der Waals surface area contributed by atoms with E-state index in [9.17, 15) is 4.79 Å². The predicted octanol–water partition coefficient (Wildman–Crippen LogP) is 4.83. The monoisotopic (exact) mass is 455 g/mol. The van der Waals surface area contributed by atoms with Crippen molar-refractivity contribution < 1.29 is 0 Å². The minimum Gasteiger partial charge on any atom is -0.296 e. The van der Waals surface area contributed by atoms with Crippen LogP contribution in [0.25, 0.3) is 22.6 Å². The van der Waals surface area contributed by atoms with E-state index in [1.165, 1.54) is 4.40 Å². The summed E-state index contributed by atoms with van der Waals surface area (Å²) < 4.78 is 3.37. The molecule has 0 aliphatic carbocycles. The molecule has 0 amide bonds. The summed E-state index contributed by atoms with van der Waals surface area (Å²) in [7, 11) is 2.01. The van der Waals surface area contributed by atoms with Crippen LogP contribution in [0.2, 0.25) is 5.02 Å². The maximum Gasteiger partial charge on any atom is 0.258 e. The standard InChI is InChI=1S/C26H22ClN5O/c1-30(18-22-14-25(33)31-17-21(27)12-13-24(31)28-22)15-20-16-32(23-10-6-3-7-11-23)29-26(20)19-8-4-2-5-9-19/h2-14,16-17H,15,18H2,1H3. The van der Waals surface area contributed by atoms with Crippen LogP contribution < -0.4 is 5.56 Å². The molecule has 0 radical (unpaired) electrons. The van der Waals surface area contributed by atoms with Gasteiger partial charge in [-0.25, -0.2) is 9.67 Å². The van der Waals surface area contributed by atoms with E-state index in [0.717, 1.165) is 22.5 Å². The maximum absolute atomic E-state index is 12.5. The smallest absolute Gasteiger partial charge is 0.258 e. The highest BCUT2D eigenvalue weighted by atomic mass is 35.5. The first-order valence-corrected chi connectivity index (χ1v) is 11.0. The minimum absolute atomic E-state index is 0.146. The van der Waals surface area contributed by atoms with Crippen molar-refractivity contribution in [3.8, 4) is 16.9 Å². The van der Waals surface area contributed by atoms with Gasteiger partial charge in [-0.3, -0.25) is 14.1 Å². The molecule has 0 fully saturated rings. The SMILES string of the molecule is CN(Cc1cc(=O)n2cc(Cl)ccc2n1)Cc1cn(-c2ccccc2)nc1-c1ccccc1. The Labute approximate surface area is 196 Å². The summed E-state index contributed by atoms with van der Waals surface area (Å²) in [5.41, 5.74) is 5.25. The van der Waals surface area contributed by atoms with Crippen molar-refractivity contribution in [2.75, 3.05) is 7.05 Å². The van der Waals surface area contributed by atoms with Crippen LogP contribution in [0.15, 0.2) is 96.1 Å². The average Bonchev–Trinajstić information content (AvgIpc) is 3.24. The fourth-order valence-electron chi connectivity index (χ4n) is 3.91. The molecule has 0 aliphatic heterocycles. The third kappa shape index (κ3) is 4.58. The summed E-state index contributed by atoms with van der Waals surface area (Å²) in [4.78, 5) is 19.3. The van der Waals surface area contributed by atoms with Crippen LogP contribution in [-0.4, -0.2) is 31.1 Å². The number of para-hydroxylation sites is 1. The number of fused-ring (bicyclic) bond motifs is 1. The molecule has 0 atom stereocenters. The van der Waals surface area contributed by atoms with Crippen molar-refractivity contribution in [3.05, 3.63) is 118 Å². The van der Waals surface area contributed by atoms with Crippen molar-refractivity contribution in [2.24, 2.45) is 0 Å². The van der Waals surface area contributed by atoms with E-state index < -0.39 is 0 Å². The summed E-state index contributed by atoms with van der Waals surface area (Å²) in [5.74, 6) is 0. The van der Waals surface area contributed by atoms with Crippen molar-refractivity contribution in [1.29, 1.82) is 0 Å². The Kier molecular flexibility index (Phi) is 5.77. The second kappa shape index (κ2) is 9.02. The normalized spacial score (nSPS) is 11.4. The lowest BCUT2D eigenvalue weighted by atomic mass is 10.1. The first kappa shape index (κ1) is 21.1. The molecule has 7 heteroatoms. The van der Waals surface area contributed by atoms with Crippen LogP contribution in [0.3, 0.4) is 0 Å². The number of halogens is 1. The summed E-state index contributed by atoms with van der Waals surface area (Å²) >= 11 is 6.01. The Balaban J connectivity index is 1.45. The van der Waals surface area contributed by atoms with Gasteiger partial charge in [-0.2, -0.15) is 5.10 Å². The Morgan fingerprint density at radius 2 is 1.64 bits per heavy atom. The zero-order valence-electron chi connectivity index (χ0n) is 18.1. The molecule has 5 rings (SSSR count). The van der Waals surface area contributed by atoms with Gasteiger partial charge in [0.2, 0.25) is 0 Å². The molecule has 0 spiro atoms. The molecule has 6 nitrogen and oxygen atoms in total. The zero-order valence-corrected chi connectivity index (χ0v) is 18.9. The molecule has 33 heavy (non-hydrogen) atoms. The van der Waals surface area contributed by atoms with Gasteiger partial charge in [0.1, 0.15) is 5.65 Å². The van der Waals surface area contributed by atoms with Gasteiger partial charge in [-0.15, -0.1) is 0 Å². The third-order valence-electron chi connectivity index (χ3n) is 5.41. The van der Waals surface area contributed by atoms with E-state index >= 15 is 0 Å². The van der Waals surface area contributed by atoms with Crippen LogP contribution in [0, 0.1) is 0 Å². The quantitative estimate of drug-likeness (QED) is 0.368. The van der Waals surface area contributed by atoms with Crippen LogP contribution in [-0.2, 0) is 13.1 Å². The number of nitrogens with zero attached hydrogens (tertiary/aromatic N) is 5. The van der Waals surface area contributed by atoms with Crippen LogP contribution in [0.4, 0.5) is 0 Å². The molecule has 0 N–H and O–H groups in total. The van der Waals surface area contributed by atoms with Gasteiger partial charge in [0.15, 0.2) is 0 Å². The Morgan fingerprint density at radius 3 is 2.39 bits per heavy atom. The minimum atomic E-state index is -0.146. The molecular formula is C26H22ClN5O. The van der Waals surface area contributed by atoms with Crippen molar-refractivity contribution >= 4 is 17.2 Å². The topological polar surface area (TPSA) is 55.4 Å². The van der Waals surface area contributed by atoms with E-state index in [2.05, 4.69) is 28.2 Å². The second-order valence-corrected chi connectivity index (χ2v) is 8.42. The first-order valence-electron chi connectivity index (χ1n) is 10.6. The Morgan fingerprint density at radius 1 is 0.909 bits per heavy atom. The number of pyridine rings is 1. The maximum atomic E-state index is 12.5. The highest BCUT2D eigenvalue weighted by molar-refractivity contribution is 6.30. The fourth-order valence-corrected chi connectivity index (χ4v) is 4.07. The van der Waals surface area contributed by atoms with Crippen LogP contribution in [0.1, 0.15) is 11.3 Å². The molecule has 0 saturated heterocycles. The lowest BCUT2D eigenvalue weighted by Crippen LogP contribution is -2.22. The second-order valence-electron chi connectivity index (χ2n) is 7.98. The molecule has 0 unspecified atom stereocenters. The summed E-state index contributed by atoms with van der Waals surface area (Å²) in [6.07, 6.45) is 3.66. The van der Waals surface area contributed by atoms with E-state index in [-0.39, 0.29) is 5.56 Å². The molecule has 3 aromatic heterocycles. The van der Waals surface area contributed by atoms with Crippen LogP contribution in [0.5, 0.6) is 0 Å². The van der Waals surface area contributed by atoms with Gasteiger partial charge in [-0.05, 0) is 31.3 Å². The summed E-state index contributed by atoms with van der Waals surface area (Å²) in [6.45, 7) is 1.18. The van der Waals surface area contributed by atoms with E-state index in [1.807, 2.05) is 60.3 Å². The van der Waals surface area contributed by atoms with E-state index in [1.54, 1.807) is 24.4 Å². The van der Waals surface area contributed by atoms with Crippen molar-refractivity contribution in [1.82, 2.24) is 24.1 Å². The zero-order chi connectivity index (χ0) is 22.8. The van der Waals surface area contributed by atoms with Crippen molar-refractivity contribution in [2.45, 2.75) is 13.1 Å². The molecule has 0 bridgehead atoms. The number of aromatic nitrogens is 4. The van der Waals surface area contributed by atoms with Gasteiger partial charge in [0.05, 0.1) is 22.1 Å². The van der Waals surface area contributed by atoms with Gasteiger partial charge < -0.3 is 0 Å². The lowest BCUT2D eigenvalue weighted by Gasteiger charge is -2.16. The van der Waals surface area contributed by atoms with E-state index in [0.29, 0.717) is 29.5 Å². The van der Waals surface area contributed by atoms with Gasteiger partial charge in [0, 0.05) is 42.7 Å². The molecule has 2 aromatic carbocycles. The lowest BCUT2D eigenvalue weighted by molar-refractivity contribution is 0.315. The molecule has 5 aromatic rings. The third-order valence-corrected chi connectivity index (χ3v) is 5.63. The molecule has 3 heterocycles. The molecule has 164 valence electrons. The number of hydrogen-bond donors (Lipinski definition) is 0. The van der Waals surface area contributed by atoms with Gasteiger partial charge in [0.25, 0.3) is 5.56 Å². The highest BCUT2D eigenvalue weighted by Gasteiger charge is 2.15. The number of rotatable bonds is 6. The molecule has 0 aliphatic rings.